The van der Waals surface area contributed by atoms with Crippen molar-refractivity contribution in [3.63, 3.8) is 0 Å². The summed E-state index contributed by atoms with van der Waals surface area (Å²) in [5.41, 5.74) is 2.97. The molecule has 0 saturated carbocycles. The SMILES string of the molecule is CC.NNC(=O)c1cc2c(ncn2CCCSO)c(F)c1Nc1ccc(Br)cc1Cl. The van der Waals surface area contributed by atoms with Gasteiger partial charge in [0.1, 0.15) is 5.52 Å². The summed E-state index contributed by atoms with van der Waals surface area (Å²) in [6.45, 7) is 4.51. The molecule has 2 aromatic carbocycles. The second-order valence-corrected chi connectivity index (χ2v) is 7.82. The molecule has 1 heterocycles. The first-order valence-electron chi connectivity index (χ1n) is 9.13. The number of carbonyl (C=O) groups excluding carboxylic acids is 1. The third kappa shape index (κ3) is 5.44. The lowest BCUT2D eigenvalue weighted by molar-refractivity contribution is 0.0954. The van der Waals surface area contributed by atoms with E-state index in [1.54, 1.807) is 22.8 Å². The number of hydrogen-bond donors (Lipinski definition) is 4. The van der Waals surface area contributed by atoms with E-state index in [1.807, 2.05) is 19.3 Å². The van der Waals surface area contributed by atoms with Crippen molar-refractivity contribution < 1.29 is 13.7 Å². The fraction of sp³-hybridized carbons (Fsp3) is 0.263. The number of amides is 1. The van der Waals surface area contributed by atoms with Gasteiger partial charge in [0.2, 0.25) is 0 Å². The van der Waals surface area contributed by atoms with Crippen LogP contribution in [0.2, 0.25) is 5.02 Å². The molecule has 3 aromatic rings. The number of carbonyl (C=O) groups is 1. The predicted molar refractivity (Wildman–Crippen MR) is 125 cm³/mol. The standard InChI is InChI=1S/C17H16BrClFN5O2S.C2H6/c18-9-2-3-12(11(19)6-9)23-15-10(17(26)24-21)7-13-16(14(15)20)22-8-25(13)4-1-5-28-27;1-2/h2-3,6-8,23,27H,1,4-5,21H2,(H,24,26);1-2H3. The minimum atomic E-state index is -0.689. The lowest BCUT2D eigenvalue weighted by Gasteiger charge is -2.15. The van der Waals surface area contributed by atoms with E-state index in [4.69, 9.17) is 22.0 Å². The van der Waals surface area contributed by atoms with Gasteiger partial charge in [-0.15, -0.1) is 0 Å². The number of fused-ring (bicyclic) bond motifs is 1. The van der Waals surface area contributed by atoms with Crippen LogP contribution in [0.5, 0.6) is 0 Å². The first-order valence-corrected chi connectivity index (χ1v) is 11.2. The first-order chi connectivity index (χ1) is 14.5. The van der Waals surface area contributed by atoms with E-state index < -0.39 is 11.7 Å². The molecule has 1 aromatic heterocycles. The monoisotopic (exact) mass is 517 g/mol. The minimum Gasteiger partial charge on any atom is -0.351 e. The minimum absolute atomic E-state index is 0.0183. The van der Waals surface area contributed by atoms with E-state index in [2.05, 4.69) is 26.2 Å². The van der Waals surface area contributed by atoms with E-state index >= 15 is 4.39 Å². The van der Waals surface area contributed by atoms with Crippen LogP contribution in [0.4, 0.5) is 15.8 Å². The van der Waals surface area contributed by atoms with Gasteiger partial charge >= 0.3 is 0 Å². The van der Waals surface area contributed by atoms with Crippen LogP contribution in [0.25, 0.3) is 11.0 Å². The quantitative estimate of drug-likeness (QED) is 0.107. The highest BCUT2D eigenvalue weighted by molar-refractivity contribution is 9.10. The van der Waals surface area contributed by atoms with Gasteiger partial charge in [0.05, 0.1) is 33.8 Å². The van der Waals surface area contributed by atoms with Gasteiger partial charge in [-0.3, -0.25) is 10.2 Å². The first kappa shape index (κ1) is 24.4. The van der Waals surface area contributed by atoms with E-state index in [-0.39, 0.29) is 16.8 Å². The molecule has 5 N–H and O–H groups in total. The average Bonchev–Trinajstić information content (AvgIpc) is 3.15. The van der Waals surface area contributed by atoms with Crippen LogP contribution >= 0.6 is 39.6 Å². The number of aryl methyl sites for hydroxylation is 1. The molecule has 0 spiro atoms. The molecule has 0 saturated heterocycles. The van der Waals surface area contributed by atoms with Gasteiger partial charge in [-0.25, -0.2) is 15.2 Å². The van der Waals surface area contributed by atoms with Crippen molar-refractivity contribution in [2.45, 2.75) is 26.8 Å². The molecular formula is C19H22BrClFN5O2S. The molecule has 11 heteroatoms. The summed E-state index contributed by atoms with van der Waals surface area (Å²) in [4.78, 5) is 16.4. The van der Waals surface area contributed by atoms with Crippen LogP contribution in [-0.2, 0) is 6.54 Å². The van der Waals surface area contributed by atoms with Crippen molar-refractivity contribution in [2.75, 3.05) is 11.1 Å². The molecule has 3 rings (SSSR count). The maximum atomic E-state index is 15.3. The lowest BCUT2D eigenvalue weighted by atomic mass is 10.1. The molecular weight excluding hydrogens is 497 g/mol. The molecule has 0 fully saturated rings. The predicted octanol–water partition coefficient (Wildman–Crippen LogP) is 5.56. The summed E-state index contributed by atoms with van der Waals surface area (Å²) in [7, 11) is 0. The van der Waals surface area contributed by atoms with Crippen LogP contribution in [0.3, 0.4) is 0 Å². The van der Waals surface area contributed by atoms with Crippen LogP contribution in [-0.4, -0.2) is 25.8 Å². The molecule has 1 amide bonds. The van der Waals surface area contributed by atoms with Crippen molar-refractivity contribution in [3.8, 4) is 0 Å². The van der Waals surface area contributed by atoms with Gasteiger partial charge in [-0.2, -0.15) is 0 Å². The summed E-state index contributed by atoms with van der Waals surface area (Å²) in [5.74, 6) is 4.47. The van der Waals surface area contributed by atoms with Crippen LogP contribution in [0.15, 0.2) is 35.1 Å². The fourth-order valence-electron chi connectivity index (χ4n) is 2.74. The number of nitrogen functional groups attached to an aromatic ring is 1. The smallest absolute Gasteiger partial charge is 0.267 e. The normalized spacial score (nSPS) is 10.5. The molecule has 0 atom stereocenters. The highest BCUT2D eigenvalue weighted by Gasteiger charge is 2.22. The largest absolute Gasteiger partial charge is 0.351 e. The van der Waals surface area contributed by atoms with Gasteiger partial charge in [-0.1, -0.05) is 41.4 Å². The number of halogens is 3. The van der Waals surface area contributed by atoms with Crippen LogP contribution in [0.1, 0.15) is 30.6 Å². The van der Waals surface area contributed by atoms with Gasteiger partial charge in [0.25, 0.3) is 5.91 Å². The molecule has 0 unspecified atom stereocenters. The molecule has 0 aliphatic heterocycles. The molecule has 7 nitrogen and oxygen atoms in total. The number of imidazole rings is 1. The lowest BCUT2D eigenvalue weighted by Crippen LogP contribution is -2.30. The second-order valence-electron chi connectivity index (χ2n) is 5.83. The highest BCUT2D eigenvalue weighted by atomic mass is 79.9. The number of hydrazine groups is 1. The number of anilines is 2. The molecule has 162 valence electrons. The molecule has 30 heavy (non-hydrogen) atoms. The molecule has 0 aliphatic carbocycles. The topological polar surface area (TPSA) is 105 Å². The Morgan fingerprint density at radius 3 is 2.77 bits per heavy atom. The number of nitrogens with two attached hydrogens (primary N) is 1. The Kier molecular flexibility index (Phi) is 9.37. The number of benzene rings is 2. The number of nitrogens with one attached hydrogen (secondary N) is 2. The van der Waals surface area contributed by atoms with Gasteiger partial charge in [-0.05, 0) is 42.7 Å². The summed E-state index contributed by atoms with van der Waals surface area (Å²) < 4.78 is 26.6. The maximum absolute atomic E-state index is 15.3. The Morgan fingerprint density at radius 1 is 1.40 bits per heavy atom. The van der Waals surface area contributed by atoms with Gasteiger partial charge in [0, 0.05) is 16.8 Å². The average molecular weight is 519 g/mol. The van der Waals surface area contributed by atoms with Crippen molar-refractivity contribution >= 4 is 67.9 Å². The number of nitrogens with zero attached hydrogens (tertiary/aromatic N) is 2. The van der Waals surface area contributed by atoms with E-state index in [0.29, 0.717) is 34.9 Å². The molecule has 0 bridgehead atoms. The highest BCUT2D eigenvalue weighted by Crippen LogP contribution is 2.34. The molecule has 0 aliphatic rings. The summed E-state index contributed by atoms with van der Waals surface area (Å²) in [6, 6.07) is 6.57. The van der Waals surface area contributed by atoms with E-state index in [9.17, 15) is 4.79 Å². The third-order valence-electron chi connectivity index (χ3n) is 4.06. The fourth-order valence-corrected chi connectivity index (χ4v) is 3.72. The van der Waals surface area contributed by atoms with E-state index in [1.165, 1.54) is 12.4 Å². The second kappa shape index (κ2) is 11.5. The van der Waals surface area contributed by atoms with Crippen molar-refractivity contribution in [3.05, 3.63) is 51.5 Å². The maximum Gasteiger partial charge on any atom is 0.267 e. The van der Waals surface area contributed by atoms with E-state index in [0.717, 1.165) is 16.5 Å². The third-order valence-corrected chi connectivity index (χ3v) is 5.33. The van der Waals surface area contributed by atoms with Crippen molar-refractivity contribution in [2.24, 2.45) is 5.84 Å². The number of aromatic nitrogens is 2. The van der Waals surface area contributed by atoms with Gasteiger partial charge in [0.15, 0.2) is 5.82 Å². The molecule has 0 radical (unpaired) electrons. The van der Waals surface area contributed by atoms with Crippen LogP contribution in [0, 0.1) is 5.82 Å². The van der Waals surface area contributed by atoms with Crippen molar-refractivity contribution in [1.29, 1.82) is 0 Å². The summed E-state index contributed by atoms with van der Waals surface area (Å²) >= 11 is 10.3. The Bertz CT molecular complexity index is 1030. The zero-order valence-corrected chi connectivity index (χ0v) is 19.5. The summed E-state index contributed by atoms with van der Waals surface area (Å²) in [6.07, 6.45) is 2.15. The zero-order chi connectivity index (χ0) is 22.3. The summed E-state index contributed by atoms with van der Waals surface area (Å²) in [5, 5.41) is 3.22. The zero-order valence-electron chi connectivity index (χ0n) is 16.4. The Hall–Kier alpha value is -1.85. The van der Waals surface area contributed by atoms with Crippen LogP contribution < -0.4 is 16.6 Å². The Morgan fingerprint density at radius 2 is 2.13 bits per heavy atom. The number of hydrogen-bond acceptors (Lipinski definition) is 6. The Labute approximate surface area is 191 Å². The van der Waals surface area contributed by atoms with Crippen molar-refractivity contribution in [1.82, 2.24) is 15.0 Å². The Balaban J connectivity index is 0.00000155. The number of rotatable bonds is 7. The van der Waals surface area contributed by atoms with Gasteiger partial charge < -0.3 is 14.4 Å².